The minimum atomic E-state index is -0.465. The molecular formula is C20H30N2O2. The molecule has 0 spiro atoms. The monoisotopic (exact) mass is 330 g/mol. The van der Waals surface area contributed by atoms with Gasteiger partial charge in [-0.25, -0.2) is 4.79 Å². The Morgan fingerprint density at radius 1 is 1.29 bits per heavy atom. The van der Waals surface area contributed by atoms with E-state index in [0.717, 1.165) is 23.1 Å². The topological polar surface area (TPSA) is 41.6 Å². The van der Waals surface area contributed by atoms with Crippen LogP contribution >= 0.6 is 0 Å². The lowest BCUT2D eigenvalue weighted by Crippen LogP contribution is -2.36. The summed E-state index contributed by atoms with van der Waals surface area (Å²) in [5, 5.41) is 3.74. The van der Waals surface area contributed by atoms with Gasteiger partial charge in [0.25, 0.3) is 0 Å². The summed E-state index contributed by atoms with van der Waals surface area (Å²) in [6.07, 6.45) is 3.78. The molecule has 3 atom stereocenters. The number of fused-ring (bicyclic) bond motifs is 1. The van der Waals surface area contributed by atoms with Gasteiger partial charge in [0.1, 0.15) is 5.60 Å². The highest BCUT2D eigenvalue weighted by Gasteiger charge is 2.48. The van der Waals surface area contributed by atoms with Crippen molar-refractivity contribution >= 4 is 11.8 Å². The summed E-state index contributed by atoms with van der Waals surface area (Å²) in [4.78, 5) is 14.2. The van der Waals surface area contributed by atoms with E-state index in [2.05, 4.69) is 23.5 Å². The van der Waals surface area contributed by atoms with E-state index in [1.165, 1.54) is 19.3 Å². The molecule has 1 aromatic rings. The van der Waals surface area contributed by atoms with E-state index < -0.39 is 5.60 Å². The Kier molecular flexibility index (Phi) is 4.75. The van der Waals surface area contributed by atoms with Crippen LogP contribution in [0.4, 0.5) is 10.5 Å². The number of hydrogen-bond acceptors (Lipinski definition) is 3. The van der Waals surface area contributed by atoms with Crippen LogP contribution in [0.15, 0.2) is 24.3 Å². The Morgan fingerprint density at radius 3 is 2.62 bits per heavy atom. The van der Waals surface area contributed by atoms with Crippen molar-refractivity contribution in [3.05, 3.63) is 29.8 Å². The van der Waals surface area contributed by atoms with Gasteiger partial charge in [-0.2, -0.15) is 0 Å². The molecule has 0 aliphatic heterocycles. The highest BCUT2D eigenvalue weighted by atomic mass is 16.6. The second kappa shape index (κ2) is 6.66. The van der Waals surface area contributed by atoms with Gasteiger partial charge in [-0.1, -0.05) is 18.2 Å². The predicted octanol–water partition coefficient (Wildman–Crippen LogP) is 4.65. The van der Waals surface area contributed by atoms with Gasteiger partial charge in [0, 0.05) is 18.3 Å². The van der Waals surface area contributed by atoms with E-state index in [1.54, 1.807) is 4.90 Å². The van der Waals surface area contributed by atoms with E-state index in [0.29, 0.717) is 19.1 Å². The lowest BCUT2D eigenvalue weighted by molar-refractivity contribution is 0.0245. The number of nitrogens with one attached hydrogen (secondary N) is 1. The van der Waals surface area contributed by atoms with Crippen LogP contribution in [0.3, 0.4) is 0 Å². The Bertz CT molecular complexity index is 594. The molecule has 0 aromatic heterocycles. The first-order valence-corrected chi connectivity index (χ1v) is 9.19. The molecule has 1 aromatic carbocycles. The van der Waals surface area contributed by atoms with Crippen LogP contribution < -0.4 is 5.32 Å². The van der Waals surface area contributed by atoms with E-state index in [-0.39, 0.29) is 6.09 Å². The van der Waals surface area contributed by atoms with Crippen LogP contribution in [0, 0.1) is 11.8 Å². The van der Waals surface area contributed by atoms with Gasteiger partial charge in [-0.05, 0) is 70.4 Å². The smallest absolute Gasteiger partial charge is 0.410 e. The summed E-state index contributed by atoms with van der Waals surface area (Å²) in [6.45, 7) is 8.92. The SMILES string of the molecule is CCN(Cc1ccccc1NC1CCC2CC21)C(=O)OC(C)(C)C. The summed E-state index contributed by atoms with van der Waals surface area (Å²) >= 11 is 0. The molecule has 0 bridgehead atoms. The second-order valence-corrected chi connectivity index (χ2v) is 8.14. The van der Waals surface area contributed by atoms with Gasteiger partial charge < -0.3 is 15.0 Å². The summed E-state index contributed by atoms with van der Waals surface area (Å²) in [5.41, 5.74) is 1.86. The molecule has 132 valence electrons. The lowest BCUT2D eigenvalue weighted by atomic mass is 10.1. The molecule has 3 unspecified atom stereocenters. The van der Waals surface area contributed by atoms with Crippen LogP contribution in [0.25, 0.3) is 0 Å². The van der Waals surface area contributed by atoms with Crippen LogP contribution in [0.5, 0.6) is 0 Å². The lowest BCUT2D eigenvalue weighted by Gasteiger charge is -2.27. The van der Waals surface area contributed by atoms with Crippen molar-refractivity contribution in [2.75, 3.05) is 11.9 Å². The van der Waals surface area contributed by atoms with Crippen molar-refractivity contribution in [1.29, 1.82) is 0 Å². The van der Waals surface area contributed by atoms with E-state index >= 15 is 0 Å². The largest absolute Gasteiger partial charge is 0.444 e. The number of ether oxygens (including phenoxy) is 1. The van der Waals surface area contributed by atoms with Gasteiger partial charge in [0.05, 0.1) is 6.54 Å². The van der Waals surface area contributed by atoms with Crippen molar-refractivity contribution in [1.82, 2.24) is 4.90 Å². The van der Waals surface area contributed by atoms with E-state index in [9.17, 15) is 4.79 Å². The third kappa shape index (κ3) is 4.03. The van der Waals surface area contributed by atoms with Gasteiger partial charge in [0.2, 0.25) is 0 Å². The molecule has 1 amide bonds. The van der Waals surface area contributed by atoms with Crippen molar-refractivity contribution < 1.29 is 9.53 Å². The fourth-order valence-corrected chi connectivity index (χ4v) is 3.72. The van der Waals surface area contributed by atoms with Crippen molar-refractivity contribution in [3.8, 4) is 0 Å². The molecule has 2 aliphatic rings. The number of hydrogen-bond donors (Lipinski definition) is 1. The Morgan fingerprint density at radius 2 is 2.04 bits per heavy atom. The van der Waals surface area contributed by atoms with Gasteiger partial charge in [0.15, 0.2) is 0 Å². The highest BCUT2D eigenvalue weighted by Crippen LogP contribution is 2.52. The number of amides is 1. The molecule has 2 fully saturated rings. The third-order valence-corrected chi connectivity index (χ3v) is 5.10. The zero-order chi connectivity index (χ0) is 17.3. The van der Waals surface area contributed by atoms with Crippen LogP contribution in [0.1, 0.15) is 52.5 Å². The molecule has 0 saturated heterocycles. The van der Waals surface area contributed by atoms with E-state index in [1.807, 2.05) is 33.8 Å². The first kappa shape index (κ1) is 17.1. The summed E-state index contributed by atoms with van der Waals surface area (Å²) in [6, 6.07) is 8.95. The molecule has 4 heteroatoms. The Hall–Kier alpha value is -1.71. The predicted molar refractivity (Wildman–Crippen MR) is 97.0 cm³/mol. The molecule has 2 saturated carbocycles. The number of para-hydroxylation sites is 1. The van der Waals surface area contributed by atoms with Crippen molar-refractivity contribution in [2.45, 2.75) is 65.1 Å². The van der Waals surface area contributed by atoms with Crippen LogP contribution in [-0.2, 0) is 11.3 Å². The number of nitrogens with zero attached hydrogens (tertiary/aromatic N) is 1. The highest BCUT2D eigenvalue weighted by molar-refractivity contribution is 5.68. The second-order valence-electron chi connectivity index (χ2n) is 8.14. The fourth-order valence-electron chi connectivity index (χ4n) is 3.72. The maximum Gasteiger partial charge on any atom is 0.410 e. The first-order valence-electron chi connectivity index (χ1n) is 9.19. The maximum absolute atomic E-state index is 12.4. The van der Waals surface area contributed by atoms with Crippen LogP contribution in [0.2, 0.25) is 0 Å². The minimum absolute atomic E-state index is 0.247. The summed E-state index contributed by atoms with van der Waals surface area (Å²) < 4.78 is 5.53. The average molecular weight is 330 g/mol. The number of anilines is 1. The molecule has 0 heterocycles. The molecular weight excluding hydrogens is 300 g/mol. The minimum Gasteiger partial charge on any atom is -0.444 e. The third-order valence-electron chi connectivity index (χ3n) is 5.10. The zero-order valence-corrected chi connectivity index (χ0v) is 15.3. The average Bonchev–Trinajstić information content (AvgIpc) is 3.19. The standard InChI is InChI=1S/C20H30N2O2/c1-5-22(19(23)24-20(2,3)4)13-15-8-6-7-9-17(15)21-18-11-10-14-12-16(14)18/h6-9,14,16,18,21H,5,10-13H2,1-4H3. The first-order chi connectivity index (χ1) is 11.4. The molecule has 24 heavy (non-hydrogen) atoms. The Balaban J connectivity index is 1.68. The molecule has 0 radical (unpaired) electrons. The van der Waals surface area contributed by atoms with Crippen LogP contribution in [-0.4, -0.2) is 29.2 Å². The normalized spacial score (nSPS) is 25.1. The Labute approximate surface area is 145 Å². The van der Waals surface area contributed by atoms with Crippen molar-refractivity contribution in [3.63, 3.8) is 0 Å². The van der Waals surface area contributed by atoms with Crippen molar-refractivity contribution in [2.24, 2.45) is 11.8 Å². The van der Waals surface area contributed by atoms with Gasteiger partial charge >= 0.3 is 6.09 Å². The number of rotatable bonds is 5. The number of carbonyl (C=O) groups is 1. The maximum atomic E-state index is 12.4. The molecule has 3 rings (SSSR count). The number of benzene rings is 1. The fraction of sp³-hybridized carbons (Fsp3) is 0.650. The summed E-state index contributed by atoms with van der Waals surface area (Å²) in [7, 11) is 0. The molecule has 4 nitrogen and oxygen atoms in total. The molecule has 2 aliphatic carbocycles. The zero-order valence-electron chi connectivity index (χ0n) is 15.3. The van der Waals surface area contributed by atoms with Gasteiger partial charge in [-0.15, -0.1) is 0 Å². The molecule has 1 N–H and O–H groups in total. The summed E-state index contributed by atoms with van der Waals surface area (Å²) in [5.74, 6) is 1.83. The quantitative estimate of drug-likeness (QED) is 0.854. The van der Waals surface area contributed by atoms with E-state index in [4.69, 9.17) is 4.74 Å². The van der Waals surface area contributed by atoms with Gasteiger partial charge in [-0.3, -0.25) is 0 Å². The number of carbonyl (C=O) groups excluding carboxylic acids is 1.